The summed E-state index contributed by atoms with van der Waals surface area (Å²) in [5, 5.41) is 0. The molecular weight excluding hydrogens is 108 g/mol. The monoisotopic (exact) mass is 124 g/mol. The molecule has 1 saturated carbocycles. The molecule has 0 aliphatic heterocycles. The van der Waals surface area contributed by atoms with Gasteiger partial charge in [0.1, 0.15) is 0 Å². The summed E-state index contributed by atoms with van der Waals surface area (Å²) in [5.41, 5.74) is 0.444. The van der Waals surface area contributed by atoms with Crippen molar-refractivity contribution in [3.05, 3.63) is 6.42 Å². The zero-order chi connectivity index (χ0) is 6.91. The maximum Gasteiger partial charge on any atom is -0.0106 e. The van der Waals surface area contributed by atoms with E-state index in [0.717, 1.165) is 5.92 Å². The van der Waals surface area contributed by atoms with E-state index in [4.69, 9.17) is 0 Å². The molecule has 52 valence electrons. The van der Waals surface area contributed by atoms with Crippen LogP contribution in [0.25, 0.3) is 0 Å². The molecule has 0 saturated heterocycles. The molecule has 2 radical (unpaired) electrons. The van der Waals surface area contributed by atoms with Gasteiger partial charge in [-0.15, -0.1) is 0 Å². The average molecular weight is 124 g/mol. The van der Waals surface area contributed by atoms with Gasteiger partial charge in [-0.1, -0.05) is 27.2 Å². The van der Waals surface area contributed by atoms with Crippen LogP contribution in [0, 0.1) is 17.8 Å². The lowest BCUT2D eigenvalue weighted by Gasteiger charge is -2.27. The van der Waals surface area contributed by atoms with Gasteiger partial charge >= 0.3 is 0 Å². The van der Waals surface area contributed by atoms with Crippen LogP contribution < -0.4 is 0 Å². The smallest absolute Gasteiger partial charge is 0.0106 e. The van der Waals surface area contributed by atoms with Crippen LogP contribution in [0.4, 0.5) is 0 Å². The van der Waals surface area contributed by atoms with Crippen molar-refractivity contribution in [2.45, 2.75) is 40.0 Å². The summed E-state index contributed by atoms with van der Waals surface area (Å²) in [6.45, 7) is 6.90. The molecule has 0 heteroatoms. The van der Waals surface area contributed by atoms with Gasteiger partial charge in [0.15, 0.2) is 0 Å². The van der Waals surface area contributed by atoms with E-state index in [2.05, 4.69) is 27.2 Å². The summed E-state index contributed by atoms with van der Waals surface area (Å²) in [5.74, 6) is 0.778. The average Bonchev–Trinajstić information content (AvgIpc) is 2.16. The molecule has 0 nitrogen and oxygen atoms in total. The summed E-state index contributed by atoms with van der Waals surface area (Å²) < 4.78 is 0. The molecule has 1 unspecified atom stereocenters. The molecule has 9 heavy (non-hydrogen) atoms. The fourth-order valence-electron chi connectivity index (χ4n) is 1.41. The third-order valence-corrected chi connectivity index (χ3v) is 2.68. The zero-order valence-corrected chi connectivity index (χ0v) is 6.70. The summed E-state index contributed by atoms with van der Waals surface area (Å²) in [6, 6.07) is 0. The summed E-state index contributed by atoms with van der Waals surface area (Å²) in [4.78, 5) is 0. The second kappa shape index (κ2) is 2.32. The van der Waals surface area contributed by atoms with Crippen LogP contribution in [0.3, 0.4) is 0 Å². The lowest BCUT2D eigenvalue weighted by atomic mass is 9.78. The molecular formula is C9H16. The molecule has 0 heterocycles. The van der Waals surface area contributed by atoms with E-state index in [-0.39, 0.29) is 0 Å². The second-order valence-electron chi connectivity index (χ2n) is 3.60. The van der Waals surface area contributed by atoms with Crippen molar-refractivity contribution in [3.8, 4) is 0 Å². The van der Waals surface area contributed by atoms with E-state index in [1.807, 2.05) is 0 Å². The van der Waals surface area contributed by atoms with Crippen LogP contribution in [0.1, 0.15) is 40.0 Å². The third-order valence-electron chi connectivity index (χ3n) is 2.68. The molecule has 0 N–H and O–H groups in total. The fraction of sp³-hybridized carbons (Fsp3) is 0.889. The van der Waals surface area contributed by atoms with Crippen molar-refractivity contribution in [1.82, 2.24) is 0 Å². The first-order chi connectivity index (χ1) is 4.15. The first-order valence-electron chi connectivity index (χ1n) is 3.90. The van der Waals surface area contributed by atoms with Gasteiger partial charge in [0.2, 0.25) is 0 Å². The third kappa shape index (κ3) is 1.28. The topological polar surface area (TPSA) is 0 Å². The molecule has 1 aliphatic rings. The molecule has 0 amide bonds. The predicted molar refractivity (Wildman–Crippen MR) is 40.0 cm³/mol. The van der Waals surface area contributed by atoms with Crippen molar-refractivity contribution < 1.29 is 0 Å². The number of rotatable bonds is 1. The van der Waals surface area contributed by atoms with Crippen molar-refractivity contribution in [3.63, 3.8) is 0 Å². The number of hydrogen-bond acceptors (Lipinski definition) is 0. The van der Waals surface area contributed by atoms with Crippen LogP contribution >= 0.6 is 0 Å². The first-order valence-corrected chi connectivity index (χ1v) is 3.90. The van der Waals surface area contributed by atoms with Gasteiger partial charge in [-0.25, -0.2) is 0 Å². The molecule has 0 aromatic rings. The highest BCUT2D eigenvalue weighted by molar-refractivity contribution is 4.96. The minimum Gasteiger partial charge on any atom is -0.0622 e. The molecule has 1 fully saturated rings. The first kappa shape index (κ1) is 7.11. The van der Waals surface area contributed by atoms with E-state index in [0.29, 0.717) is 5.41 Å². The van der Waals surface area contributed by atoms with Gasteiger partial charge in [0, 0.05) is 0 Å². The Kier molecular flexibility index (Phi) is 1.83. The van der Waals surface area contributed by atoms with E-state index in [1.165, 1.54) is 19.3 Å². The van der Waals surface area contributed by atoms with Crippen LogP contribution in [-0.2, 0) is 0 Å². The Balaban J connectivity index is 2.51. The molecule has 0 aromatic carbocycles. The molecule has 0 aromatic heterocycles. The van der Waals surface area contributed by atoms with E-state index >= 15 is 0 Å². The maximum absolute atomic E-state index is 3.53. The summed E-state index contributed by atoms with van der Waals surface area (Å²) in [6.07, 6.45) is 7.46. The van der Waals surface area contributed by atoms with Gasteiger partial charge < -0.3 is 0 Å². The van der Waals surface area contributed by atoms with Gasteiger partial charge in [-0.2, -0.15) is 0 Å². The molecule has 1 aliphatic carbocycles. The number of hydrogen-bond donors (Lipinski definition) is 0. The fourth-order valence-corrected chi connectivity index (χ4v) is 1.41. The van der Waals surface area contributed by atoms with E-state index < -0.39 is 0 Å². The largest absolute Gasteiger partial charge is 0.0622 e. The van der Waals surface area contributed by atoms with Gasteiger partial charge in [0.05, 0.1) is 0 Å². The Morgan fingerprint density at radius 2 is 2.11 bits per heavy atom. The highest BCUT2D eigenvalue weighted by Crippen LogP contribution is 2.42. The van der Waals surface area contributed by atoms with E-state index in [1.54, 1.807) is 0 Å². The van der Waals surface area contributed by atoms with Gasteiger partial charge in [-0.3, -0.25) is 0 Å². The Hall–Kier alpha value is 0. The Labute approximate surface area is 58.7 Å². The van der Waals surface area contributed by atoms with Crippen LogP contribution in [0.5, 0.6) is 0 Å². The molecule has 0 bridgehead atoms. The predicted octanol–water partition coefficient (Wildman–Crippen LogP) is 2.91. The molecule has 0 spiro atoms. The SMILES string of the molecule is CC(C)C1(C)[C]CCC1. The van der Waals surface area contributed by atoms with Crippen molar-refractivity contribution >= 4 is 0 Å². The minimum absolute atomic E-state index is 0.444. The lowest BCUT2D eigenvalue weighted by molar-refractivity contribution is 0.281. The Morgan fingerprint density at radius 1 is 1.44 bits per heavy atom. The van der Waals surface area contributed by atoms with E-state index in [9.17, 15) is 0 Å². The van der Waals surface area contributed by atoms with Crippen LogP contribution in [0.15, 0.2) is 0 Å². The van der Waals surface area contributed by atoms with Crippen molar-refractivity contribution in [1.29, 1.82) is 0 Å². The lowest BCUT2D eigenvalue weighted by Crippen LogP contribution is -2.18. The Morgan fingerprint density at radius 3 is 2.33 bits per heavy atom. The van der Waals surface area contributed by atoms with Crippen LogP contribution in [0.2, 0.25) is 0 Å². The molecule has 1 atom stereocenters. The second-order valence-corrected chi connectivity index (χ2v) is 3.60. The minimum atomic E-state index is 0.444. The quantitative estimate of drug-likeness (QED) is 0.504. The summed E-state index contributed by atoms with van der Waals surface area (Å²) >= 11 is 0. The van der Waals surface area contributed by atoms with Crippen molar-refractivity contribution in [2.24, 2.45) is 11.3 Å². The van der Waals surface area contributed by atoms with Gasteiger partial charge in [0.25, 0.3) is 0 Å². The molecule has 1 rings (SSSR count). The van der Waals surface area contributed by atoms with Crippen LogP contribution in [-0.4, -0.2) is 0 Å². The standard InChI is InChI=1S/C9H16/c1-8(2)9(3)6-4-5-7-9/h8H,4-6H2,1-3H3. The van der Waals surface area contributed by atoms with Gasteiger partial charge in [-0.05, 0) is 30.6 Å². The normalized spacial score (nSPS) is 25.3. The zero-order valence-electron chi connectivity index (χ0n) is 6.70. The summed E-state index contributed by atoms with van der Waals surface area (Å²) in [7, 11) is 0. The Bertz CT molecular complexity index is 86.2. The maximum atomic E-state index is 3.53. The van der Waals surface area contributed by atoms with Crippen molar-refractivity contribution in [2.75, 3.05) is 0 Å². The highest BCUT2D eigenvalue weighted by Gasteiger charge is 2.31. The highest BCUT2D eigenvalue weighted by atomic mass is 14.4.